The number of primary amides is 1. The Hall–Kier alpha value is -2.48. The summed E-state index contributed by atoms with van der Waals surface area (Å²) in [6.07, 6.45) is 2.95. The van der Waals surface area contributed by atoms with Gasteiger partial charge in [0.2, 0.25) is 0 Å². The van der Waals surface area contributed by atoms with Gasteiger partial charge in [0.1, 0.15) is 0 Å². The molecule has 1 aliphatic heterocycles. The second-order valence-corrected chi connectivity index (χ2v) is 7.16. The highest BCUT2D eigenvalue weighted by Gasteiger charge is 2.29. The minimum Gasteiger partial charge on any atom is -0.493 e. The number of methoxy groups -OCH3 is 1. The van der Waals surface area contributed by atoms with Gasteiger partial charge >= 0.3 is 5.97 Å². The van der Waals surface area contributed by atoms with Crippen LogP contribution in [0.25, 0.3) is 0 Å². The van der Waals surface area contributed by atoms with E-state index in [1.54, 1.807) is 4.90 Å². The molecule has 0 aliphatic carbocycles. The van der Waals surface area contributed by atoms with Crippen LogP contribution in [0.5, 0.6) is 11.5 Å². The number of nitrogens with zero attached hydrogens (tertiary/aromatic N) is 1. The fraction of sp³-hybridized carbons (Fsp3) is 0.526. The topological polar surface area (TPSA) is 108 Å². The zero-order valence-corrected chi connectivity index (χ0v) is 17.0. The third kappa shape index (κ3) is 5.28. The summed E-state index contributed by atoms with van der Waals surface area (Å²) < 4.78 is 15.5. The Kier molecular flexibility index (Phi) is 7.51. The molecule has 0 bridgehead atoms. The van der Waals surface area contributed by atoms with Crippen LogP contribution < -0.4 is 15.2 Å². The van der Waals surface area contributed by atoms with Crippen LogP contribution in [0.3, 0.4) is 0 Å². The van der Waals surface area contributed by atoms with E-state index in [0.29, 0.717) is 0 Å². The first-order valence-electron chi connectivity index (χ1n) is 9.01. The lowest BCUT2D eigenvalue weighted by Gasteiger charge is -2.38. The molecule has 0 aromatic heterocycles. The summed E-state index contributed by atoms with van der Waals surface area (Å²) in [7, 11) is 1.36. The van der Waals surface area contributed by atoms with E-state index >= 15 is 0 Å². The summed E-state index contributed by atoms with van der Waals surface area (Å²) in [4.78, 5) is 37.5. The number of esters is 1. The fourth-order valence-corrected chi connectivity index (χ4v) is 3.58. The smallest absolute Gasteiger partial charge is 0.338 e. The number of halogens is 1. The number of hydrogen-bond acceptors (Lipinski definition) is 6. The van der Waals surface area contributed by atoms with Crippen LogP contribution in [0.15, 0.2) is 12.1 Å². The molecule has 2 amide bonds. The lowest BCUT2D eigenvalue weighted by Crippen LogP contribution is -2.49. The molecule has 1 heterocycles. The molecule has 1 aromatic carbocycles. The normalized spacial score (nSPS) is 19.1. The summed E-state index contributed by atoms with van der Waals surface area (Å²) >= 11 is 6.12. The maximum atomic E-state index is 12.5. The largest absolute Gasteiger partial charge is 0.493 e. The molecule has 1 fully saturated rings. The molecule has 2 atom stereocenters. The summed E-state index contributed by atoms with van der Waals surface area (Å²) in [6, 6.07) is 2.91. The predicted molar refractivity (Wildman–Crippen MR) is 103 cm³/mol. The number of rotatable bonds is 7. The monoisotopic (exact) mass is 412 g/mol. The van der Waals surface area contributed by atoms with Crippen molar-refractivity contribution >= 4 is 29.4 Å². The molecule has 154 valence electrons. The number of likely N-dealkylation sites (tertiary alicyclic amines) is 1. The average Bonchev–Trinajstić information content (AvgIpc) is 2.64. The Labute approximate surface area is 168 Å². The van der Waals surface area contributed by atoms with Gasteiger partial charge in [-0.05, 0) is 45.2 Å². The van der Waals surface area contributed by atoms with Gasteiger partial charge in [0.05, 0.1) is 17.7 Å². The highest BCUT2D eigenvalue weighted by Crippen LogP contribution is 2.36. The van der Waals surface area contributed by atoms with Crippen molar-refractivity contribution in [2.24, 2.45) is 5.73 Å². The Balaban J connectivity index is 2.06. The Bertz CT molecular complexity index is 744. The van der Waals surface area contributed by atoms with Crippen LogP contribution in [0.1, 0.15) is 43.5 Å². The lowest BCUT2D eigenvalue weighted by molar-refractivity contribution is -0.140. The number of nitrogens with two attached hydrogens (primary N) is 1. The number of amides is 2. The zero-order chi connectivity index (χ0) is 20.8. The molecule has 9 heteroatoms. The lowest BCUT2D eigenvalue weighted by atomic mass is 9.97. The fourth-order valence-electron chi connectivity index (χ4n) is 3.32. The second-order valence-electron chi connectivity index (χ2n) is 6.75. The summed E-state index contributed by atoms with van der Waals surface area (Å²) in [5, 5.41) is 0.0529. The van der Waals surface area contributed by atoms with Crippen molar-refractivity contribution in [1.82, 2.24) is 4.90 Å². The van der Waals surface area contributed by atoms with Gasteiger partial charge < -0.3 is 24.8 Å². The van der Waals surface area contributed by atoms with Gasteiger partial charge in [0.25, 0.3) is 11.8 Å². The van der Waals surface area contributed by atoms with Crippen molar-refractivity contribution in [2.75, 3.05) is 20.3 Å². The van der Waals surface area contributed by atoms with Gasteiger partial charge in [-0.2, -0.15) is 0 Å². The molecule has 28 heavy (non-hydrogen) atoms. The van der Waals surface area contributed by atoms with Gasteiger partial charge in [-0.25, -0.2) is 4.79 Å². The van der Waals surface area contributed by atoms with E-state index in [9.17, 15) is 14.4 Å². The summed E-state index contributed by atoms with van der Waals surface area (Å²) in [6.45, 7) is 3.24. The molecular formula is C19H25ClN2O6. The van der Waals surface area contributed by atoms with E-state index in [0.717, 1.165) is 19.3 Å². The summed E-state index contributed by atoms with van der Waals surface area (Å²) in [5.74, 6) is -1.39. The number of hydrogen-bond donors (Lipinski definition) is 1. The van der Waals surface area contributed by atoms with E-state index < -0.39 is 11.9 Å². The molecule has 2 rings (SSSR count). The van der Waals surface area contributed by atoms with E-state index in [-0.39, 0.29) is 53.3 Å². The molecule has 2 unspecified atom stereocenters. The average molecular weight is 413 g/mol. The van der Waals surface area contributed by atoms with Crippen LogP contribution in [0.4, 0.5) is 0 Å². The first-order chi connectivity index (χ1) is 13.2. The van der Waals surface area contributed by atoms with Crippen molar-refractivity contribution in [3.8, 4) is 11.5 Å². The second kappa shape index (κ2) is 9.64. The quantitative estimate of drug-likeness (QED) is 0.687. The van der Waals surface area contributed by atoms with Crippen molar-refractivity contribution in [2.45, 2.75) is 45.2 Å². The first kappa shape index (κ1) is 21.8. The Morgan fingerprint density at radius 3 is 2.39 bits per heavy atom. The SMILES string of the molecule is COc1cc(C(=O)OCC(=O)N2C(C)CCCC2C)cc(Cl)c1OCC(N)=O. The number of carbonyl (C=O) groups excluding carboxylic acids is 3. The van der Waals surface area contributed by atoms with Crippen LogP contribution >= 0.6 is 11.6 Å². The van der Waals surface area contributed by atoms with Crippen molar-refractivity contribution in [1.29, 1.82) is 0 Å². The number of carbonyl (C=O) groups is 3. The van der Waals surface area contributed by atoms with E-state index in [2.05, 4.69) is 0 Å². The Morgan fingerprint density at radius 2 is 1.82 bits per heavy atom. The standard InChI is InChI=1S/C19H25ClN2O6/c1-11-5-4-6-12(2)22(11)17(24)10-28-19(25)13-7-14(20)18(15(8-13)26-3)27-9-16(21)23/h7-8,11-12H,4-6,9-10H2,1-3H3,(H2,21,23). The van der Waals surface area contributed by atoms with Crippen LogP contribution in [0.2, 0.25) is 5.02 Å². The molecule has 0 saturated carbocycles. The van der Waals surface area contributed by atoms with E-state index in [1.807, 2.05) is 13.8 Å². The molecule has 1 aromatic rings. The number of ether oxygens (including phenoxy) is 3. The predicted octanol–water partition coefficient (Wildman–Crippen LogP) is 2.16. The minimum atomic E-state index is -0.715. The van der Waals surface area contributed by atoms with Crippen molar-refractivity contribution in [3.63, 3.8) is 0 Å². The number of piperidine rings is 1. The third-order valence-corrected chi connectivity index (χ3v) is 4.91. The van der Waals surface area contributed by atoms with Gasteiger partial charge in [0, 0.05) is 12.1 Å². The molecule has 1 aliphatic rings. The van der Waals surface area contributed by atoms with Gasteiger partial charge in [0.15, 0.2) is 24.7 Å². The molecule has 0 radical (unpaired) electrons. The maximum absolute atomic E-state index is 12.5. The molecule has 2 N–H and O–H groups in total. The first-order valence-corrected chi connectivity index (χ1v) is 9.39. The van der Waals surface area contributed by atoms with Gasteiger partial charge in [-0.3, -0.25) is 9.59 Å². The molecular weight excluding hydrogens is 388 g/mol. The molecule has 1 saturated heterocycles. The maximum Gasteiger partial charge on any atom is 0.338 e. The third-order valence-electron chi connectivity index (χ3n) is 4.63. The Morgan fingerprint density at radius 1 is 1.18 bits per heavy atom. The zero-order valence-electron chi connectivity index (χ0n) is 16.2. The van der Waals surface area contributed by atoms with E-state index in [1.165, 1.54) is 19.2 Å². The molecule has 8 nitrogen and oxygen atoms in total. The highest BCUT2D eigenvalue weighted by atomic mass is 35.5. The van der Waals surface area contributed by atoms with Gasteiger partial charge in [-0.15, -0.1) is 0 Å². The van der Waals surface area contributed by atoms with Gasteiger partial charge in [-0.1, -0.05) is 11.6 Å². The van der Waals surface area contributed by atoms with E-state index in [4.69, 9.17) is 31.5 Å². The van der Waals surface area contributed by atoms with Crippen LogP contribution in [0, 0.1) is 0 Å². The minimum absolute atomic E-state index is 0.0529. The highest BCUT2D eigenvalue weighted by molar-refractivity contribution is 6.32. The summed E-state index contributed by atoms with van der Waals surface area (Å²) in [5.41, 5.74) is 5.15. The van der Waals surface area contributed by atoms with Crippen LogP contribution in [-0.4, -0.2) is 55.1 Å². The number of benzene rings is 1. The van der Waals surface area contributed by atoms with Crippen molar-refractivity contribution in [3.05, 3.63) is 22.7 Å². The van der Waals surface area contributed by atoms with Crippen molar-refractivity contribution < 1.29 is 28.6 Å². The van der Waals surface area contributed by atoms with Crippen LogP contribution in [-0.2, 0) is 14.3 Å². The molecule has 0 spiro atoms.